The number of hydrogen-bond donors (Lipinski definition) is 0. The zero-order valence-electron chi connectivity index (χ0n) is 12.5. The summed E-state index contributed by atoms with van der Waals surface area (Å²) in [5.41, 5.74) is -0.000440. The Bertz CT molecular complexity index is 431. The second-order valence-electron chi connectivity index (χ2n) is 6.21. The Kier molecular flexibility index (Phi) is 4.80. The number of allylic oxidation sites excluding steroid dienone is 2. The van der Waals surface area contributed by atoms with Crippen LogP contribution in [0.5, 0.6) is 0 Å². The van der Waals surface area contributed by atoms with E-state index < -0.39 is 19.7 Å². The second-order valence-corrected chi connectivity index (χ2v) is 10.6. The summed E-state index contributed by atoms with van der Waals surface area (Å²) in [6.45, 7) is 8.05. The van der Waals surface area contributed by atoms with Crippen molar-refractivity contribution in [2.24, 2.45) is 5.41 Å². The van der Waals surface area contributed by atoms with Crippen LogP contribution < -0.4 is 0 Å². The van der Waals surface area contributed by atoms with Crippen LogP contribution in [-0.4, -0.2) is 21.4 Å². The van der Waals surface area contributed by atoms with E-state index in [4.69, 9.17) is 9.16 Å². The molecule has 0 radical (unpaired) electrons. The molecule has 0 bridgehead atoms. The molecule has 1 aliphatic carbocycles. The molecule has 0 saturated heterocycles. The molecule has 5 heteroatoms. The lowest BCUT2D eigenvalue weighted by molar-refractivity contribution is -0.148. The molecule has 0 fully saturated rings. The molecule has 1 aliphatic rings. The van der Waals surface area contributed by atoms with E-state index in [1.807, 2.05) is 0 Å². The fourth-order valence-electron chi connectivity index (χ4n) is 2.27. The van der Waals surface area contributed by atoms with Gasteiger partial charge in [-0.1, -0.05) is 0 Å². The maximum absolute atomic E-state index is 11.7. The van der Waals surface area contributed by atoms with Crippen LogP contribution >= 0.6 is 0 Å². The summed E-state index contributed by atoms with van der Waals surface area (Å²) in [5, 5.41) is 9.26. The third kappa shape index (κ3) is 4.10. The first kappa shape index (κ1) is 15.8. The Morgan fingerprint density at radius 3 is 2.53 bits per heavy atom. The van der Waals surface area contributed by atoms with Gasteiger partial charge in [-0.3, -0.25) is 4.79 Å². The average molecular weight is 281 g/mol. The number of ether oxygens (including phenoxy) is 1. The van der Waals surface area contributed by atoms with E-state index >= 15 is 0 Å². The van der Waals surface area contributed by atoms with Crippen LogP contribution in [0.15, 0.2) is 11.3 Å². The molecule has 4 nitrogen and oxygen atoms in total. The van der Waals surface area contributed by atoms with E-state index in [2.05, 4.69) is 25.7 Å². The average Bonchev–Trinajstić information content (AvgIpc) is 2.72. The Hall–Kier alpha value is -1.28. The number of carbonyl (C=O) groups excluding carboxylic acids is 1. The maximum Gasteiger partial charge on any atom is 0.326 e. The molecule has 0 saturated carbocycles. The van der Waals surface area contributed by atoms with E-state index in [0.717, 1.165) is 30.6 Å². The number of nitriles is 1. The fourth-order valence-corrected chi connectivity index (χ4v) is 3.25. The molecular formula is C14H23NO3Si. The maximum atomic E-state index is 11.7. The van der Waals surface area contributed by atoms with Crippen LogP contribution in [0.3, 0.4) is 0 Å². The number of carbonyl (C=O) groups is 1. The van der Waals surface area contributed by atoms with Gasteiger partial charge in [-0.05, 0) is 45.0 Å². The molecule has 0 N–H and O–H groups in total. The van der Waals surface area contributed by atoms with Crippen molar-refractivity contribution in [1.82, 2.24) is 0 Å². The lowest BCUT2D eigenvalue weighted by Gasteiger charge is -2.24. The topological polar surface area (TPSA) is 59.3 Å². The minimum atomic E-state index is -1.64. The van der Waals surface area contributed by atoms with Crippen molar-refractivity contribution in [3.8, 4) is 6.07 Å². The predicted molar refractivity (Wildman–Crippen MR) is 75.7 cm³/mol. The van der Waals surface area contributed by atoms with E-state index in [1.54, 1.807) is 6.92 Å². The van der Waals surface area contributed by atoms with Crippen LogP contribution in [0.4, 0.5) is 0 Å². The second kappa shape index (κ2) is 5.79. The van der Waals surface area contributed by atoms with Crippen molar-refractivity contribution in [1.29, 1.82) is 5.26 Å². The first-order valence-electron chi connectivity index (χ1n) is 6.61. The largest absolute Gasteiger partial charge is 0.547 e. The van der Waals surface area contributed by atoms with Crippen molar-refractivity contribution in [2.75, 3.05) is 7.11 Å². The van der Waals surface area contributed by atoms with Crippen LogP contribution in [0.25, 0.3) is 0 Å². The summed E-state index contributed by atoms with van der Waals surface area (Å²) < 4.78 is 10.8. The third-order valence-electron chi connectivity index (χ3n) is 3.16. The third-order valence-corrected chi connectivity index (χ3v) is 4.01. The van der Waals surface area contributed by atoms with E-state index in [-0.39, 0.29) is 0 Å². The molecule has 1 unspecified atom stereocenters. The van der Waals surface area contributed by atoms with E-state index in [0.29, 0.717) is 6.42 Å². The molecule has 1 rings (SSSR count). The number of methoxy groups -OCH3 is 1. The molecule has 0 aromatic heterocycles. The molecule has 0 amide bonds. The Balaban J connectivity index is 2.92. The van der Waals surface area contributed by atoms with Gasteiger partial charge in [0.2, 0.25) is 8.32 Å². The Labute approximate surface area is 116 Å². The lowest BCUT2D eigenvalue weighted by Crippen LogP contribution is -2.29. The van der Waals surface area contributed by atoms with Crippen LogP contribution in [-0.2, 0) is 14.0 Å². The van der Waals surface area contributed by atoms with Gasteiger partial charge in [0, 0.05) is 12.8 Å². The SMILES string of the molecule is COC(=O)C(C)(C#N)CC1=C(O[Si](C)(C)C)CCC1. The lowest BCUT2D eigenvalue weighted by atomic mass is 9.84. The molecule has 106 valence electrons. The highest BCUT2D eigenvalue weighted by atomic mass is 28.4. The Morgan fingerprint density at radius 2 is 2.05 bits per heavy atom. The first-order chi connectivity index (χ1) is 8.72. The van der Waals surface area contributed by atoms with Crippen LogP contribution in [0.2, 0.25) is 19.6 Å². The standard InChI is InChI=1S/C14H23NO3Si/c1-14(10-15,13(16)17-2)9-11-7-6-8-12(11)18-19(3,4)5/h6-9H2,1-5H3. The zero-order chi connectivity index (χ0) is 14.7. The summed E-state index contributed by atoms with van der Waals surface area (Å²) >= 11 is 0. The number of esters is 1. The van der Waals surface area contributed by atoms with Gasteiger partial charge in [-0.2, -0.15) is 5.26 Å². The summed E-state index contributed by atoms with van der Waals surface area (Å²) in [4.78, 5) is 11.7. The predicted octanol–water partition coefficient (Wildman–Crippen LogP) is 3.37. The molecule has 0 aromatic carbocycles. The highest BCUT2D eigenvalue weighted by molar-refractivity contribution is 6.70. The van der Waals surface area contributed by atoms with Crippen LogP contribution in [0, 0.1) is 16.7 Å². The normalized spacial score (nSPS) is 18.7. The number of nitrogens with zero attached hydrogens (tertiary/aromatic N) is 1. The first-order valence-corrected chi connectivity index (χ1v) is 10.0. The summed E-state index contributed by atoms with van der Waals surface area (Å²) in [6.07, 6.45) is 3.28. The van der Waals surface area contributed by atoms with Crippen LogP contribution in [0.1, 0.15) is 32.6 Å². The summed E-state index contributed by atoms with van der Waals surface area (Å²) in [7, 11) is -0.322. The smallest absolute Gasteiger partial charge is 0.326 e. The molecule has 0 heterocycles. The van der Waals surface area contributed by atoms with Crippen molar-refractivity contribution >= 4 is 14.3 Å². The fraction of sp³-hybridized carbons (Fsp3) is 0.714. The van der Waals surface area contributed by atoms with Gasteiger partial charge in [-0.25, -0.2) is 0 Å². The monoisotopic (exact) mass is 281 g/mol. The highest BCUT2D eigenvalue weighted by Crippen LogP contribution is 2.37. The molecule has 19 heavy (non-hydrogen) atoms. The van der Waals surface area contributed by atoms with Crippen molar-refractivity contribution in [2.45, 2.75) is 52.2 Å². The number of rotatable bonds is 5. The quantitative estimate of drug-likeness (QED) is 0.572. The molecular weight excluding hydrogens is 258 g/mol. The highest BCUT2D eigenvalue weighted by Gasteiger charge is 2.37. The van der Waals surface area contributed by atoms with Gasteiger partial charge < -0.3 is 9.16 Å². The Morgan fingerprint density at radius 1 is 1.42 bits per heavy atom. The zero-order valence-corrected chi connectivity index (χ0v) is 13.5. The summed E-state index contributed by atoms with van der Waals surface area (Å²) in [6, 6.07) is 2.09. The minimum absolute atomic E-state index is 0.413. The van der Waals surface area contributed by atoms with Crippen molar-refractivity contribution < 1.29 is 14.0 Å². The minimum Gasteiger partial charge on any atom is -0.547 e. The molecule has 0 aromatic rings. The van der Waals surface area contributed by atoms with Gasteiger partial charge in [0.25, 0.3) is 0 Å². The van der Waals surface area contributed by atoms with Gasteiger partial charge in [0.15, 0.2) is 5.41 Å². The van der Waals surface area contributed by atoms with Gasteiger partial charge in [0.05, 0.1) is 18.9 Å². The van der Waals surface area contributed by atoms with Gasteiger partial charge >= 0.3 is 5.97 Å². The molecule has 0 spiro atoms. The van der Waals surface area contributed by atoms with Crippen molar-refractivity contribution in [3.05, 3.63) is 11.3 Å². The van der Waals surface area contributed by atoms with Gasteiger partial charge in [0.1, 0.15) is 0 Å². The van der Waals surface area contributed by atoms with E-state index in [1.165, 1.54) is 7.11 Å². The summed E-state index contributed by atoms with van der Waals surface area (Å²) in [5.74, 6) is 0.534. The van der Waals surface area contributed by atoms with Crippen molar-refractivity contribution in [3.63, 3.8) is 0 Å². The molecule has 1 atom stereocenters. The molecule has 0 aliphatic heterocycles. The van der Waals surface area contributed by atoms with E-state index in [9.17, 15) is 10.1 Å². The van der Waals surface area contributed by atoms with Gasteiger partial charge in [-0.15, -0.1) is 0 Å². The number of hydrogen-bond acceptors (Lipinski definition) is 4.